The molecule has 0 aliphatic heterocycles. The highest BCUT2D eigenvalue weighted by atomic mass is 16.5. The monoisotopic (exact) mass is 258 g/mol. The van der Waals surface area contributed by atoms with E-state index in [1.165, 1.54) is 11.8 Å². The third kappa shape index (κ3) is 2.88. The molecule has 5 heteroatoms. The van der Waals surface area contributed by atoms with Crippen LogP contribution in [0, 0.1) is 20.8 Å². The summed E-state index contributed by atoms with van der Waals surface area (Å²) in [6, 6.07) is 5.81. The predicted molar refractivity (Wildman–Crippen MR) is 69.7 cm³/mol. The summed E-state index contributed by atoms with van der Waals surface area (Å²) in [5.41, 5.74) is 2.73. The number of benzene rings is 1. The highest BCUT2D eigenvalue weighted by molar-refractivity contribution is 5.88. The number of carbonyl (C=O) groups is 1. The minimum absolute atomic E-state index is 0.0763. The number of ether oxygens (including phenoxy) is 1. The van der Waals surface area contributed by atoms with Crippen LogP contribution in [0.1, 0.15) is 27.2 Å². The lowest BCUT2D eigenvalue weighted by Crippen LogP contribution is -2.04. The Morgan fingerprint density at radius 2 is 1.95 bits per heavy atom. The molecule has 1 aromatic heterocycles. The fourth-order valence-electron chi connectivity index (χ4n) is 1.59. The van der Waals surface area contributed by atoms with E-state index in [1.807, 2.05) is 32.0 Å². The average Bonchev–Trinajstić information content (AvgIpc) is 2.33. The quantitative estimate of drug-likeness (QED) is 0.916. The van der Waals surface area contributed by atoms with Gasteiger partial charge in [-0.25, -0.2) is 9.78 Å². The van der Waals surface area contributed by atoms with Gasteiger partial charge in [0.1, 0.15) is 5.75 Å². The van der Waals surface area contributed by atoms with E-state index in [-0.39, 0.29) is 11.6 Å². The van der Waals surface area contributed by atoms with E-state index in [0.29, 0.717) is 11.4 Å². The van der Waals surface area contributed by atoms with Crippen molar-refractivity contribution in [1.29, 1.82) is 0 Å². The van der Waals surface area contributed by atoms with Crippen LogP contribution in [0.5, 0.6) is 11.8 Å². The van der Waals surface area contributed by atoms with Gasteiger partial charge in [-0.2, -0.15) is 4.98 Å². The number of hydrogen-bond donors (Lipinski definition) is 1. The molecule has 0 saturated carbocycles. The molecule has 5 nitrogen and oxygen atoms in total. The molecule has 0 bridgehead atoms. The molecule has 19 heavy (non-hydrogen) atoms. The standard InChI is InChI=1S/C14H14N2O3/c1-8-4-5-11(6-9(8)2)19-14-15-7-12(13(17)18)10(3)16-14/h4-7H,1-3H3,(H,17,18). The molecular formula is C14H14N2O3. The number of aromatic nitrogens is 2. The van der Waals surface area contributed by atoms with Crippen LogP contribution in [0.4, 0.5) is 0 Å². The van der Waals surface area contributed by atoms with Gasteiger partial charge in [-0.15, -0.1) is 0 Å². The van der Waals surface area contributed by atoms with Crippen molar-refractivity contribution in [3.8, 4) is 11.8 Å². The topological polar surface area (TPSA) is 72.3 Å². The van der Waals surface area contributed by atoms with Crippen molar-refractivity contribution < 1.29 is 14.6 Å². The molecule has 0 fully saturated rings. The zero-order valence-corrected chi connectivity index (χ0v) is 11.0. The van der Waals surface area contributed by atoms with Crippen LogP contribution in [0.15, 0.2) is 24.4 Å². The van der Waals surface area contributed by atoms with Crippen LogP contribution in [0.25, 0.3) is 0 Å². The first-order chi connectivity index (χ1) is 8.97. The zero-order chi connectivity index (χ0) is 14.0. The number of carboxylic acid groups (broad SMARTS) is 1. The van der Waals surface area contributed by atoms with Gasteiger partial charge in [0.25, 0.3) is 0 Å². The summed E-state index contributed by atoms with van der Waals surface area (Å²) >= 11 is 0. The number of nitrogens with zero attached hydrogens (tertiary/aromatic N) is 2. The minimum Gasteiger partial charge on any atom is -0.478 e. The lowest BCUT2D eigenvalue weighted by Gasteiger charge is -2.07. The predicted octanol–water partition coefficient (Wildman–Crippen LogP) is 2.89. The molecule has 0 atom stereocenters. The van der Waals surface area contributed by atoms with E-state index in [9.17, 15) is 4.79 Å². The molecule has 0 spiro atoms. The summed E-state index contributed by atoms with van der Waals surface area (Å²) in [7, 11) is 0. The summed E-state index contributed by atoms with van der Waals surface area (Å²) < 4.78 is 5.51. The molecule has 0 radical (unpaired) electrons. The van der Waals surface area contributed by atoms with Crippen molar-refractivity contribution in [2.24, 2.45) is 0 Å². The molecule has 0 saturated heterocycles. The summed E-state index contributed by atoms with van der Waals surface area (Å²) in [5, 5.41) is 8.89. The van der Waals surface area contributed by atoms with Crippen LogP contribution < -0.4 is 4.74 Å². The first-order valence-corrected chi connectivity index (χ1v) is 5.79. The Balaban J connectivity index is 2.26. The van der Waals surface area contributed by atoms with Gasteiger partial charge in [0.15, 0.2) is 0 Å². The Bertz CT molecular complexity index is 639. The largest absolute Gasteiger partial charge is 0.478 e. The Labute approximate surface area is 110 Å². The van der Waals surface area contributed by atoms with Crippen molar-refractivity contribution in [3.05, 3.63) is 46.8 Å². The molecule has 1 aromatic carbocycles. The van der Waals surface area contributed by atoms with E-state index in [1.54, 1.807) is 6.92 Å². The maximum absolute atomic E-state index is 10.9. The Hall–Kier alpha value is -2.43. The van der Waals surface area contributed by atoms with Crippen molar-refractivity contribution >= 4 is 5.97 Å². The molecule has 0 aliphatic carbocycles. The molecule has 1 N–H and O–H groups in total. The molecule has 2 aromatic rings. The van der Waals surface area contributed by atoms with E-state index in [0.717, 1.165) is 5.56 Å². The van der Waals surface area contributed by atoms with Crippen LogP contribution in [0.2, 0.25) is 0 Å². The maximum atomic E-state index is 10.9. The van der Waals surface area contributed by atoms with Crippen LogP contribution in [-0.4, -0.2) is 21.0 Å². The van der Waals surface area contributed by atoms with Crippen LogP contribution in [0.3, 0.4) is 0 Å². The van der Waals surface area contributed by atoms with Gasteiger partial charge in [-0.05, 0) is 44.0 Å². The van der Waals surface area contributed by atoms with Crippen molar-refractivity contribution in [2.75, 3.05) is 0 Å². The zero-order valence-electron chi connectivity index (χ0n) is 11.0. The molecule has 98 valence electrons. The third-order valence-corrected chi connectivity index (χ3v) is 2.88. The normalized spacial score (nSPS) is 10.3. The second-order valence-corrected chi connectivity index (χ2v) is 4.30. The van der Waals surface area contributed by atoms with Crippen molar-refractivity contribution in [3.63, 3.8) is 0 Å². The second kappa shape index (κ2) is 5.06. The molecule has 0 unspecified atom stereocenters. The first-order valence-electron chi connectivity index (χ1n) is 5.79. The van der Waals surface area contributed by atoms with Gasteiger partial charge >= 0.3 is 12.0 Å². The van der Waals surface area contributed by atoms with Crippen molar-refractivity contribution in [2.45, 2.75) is 20.8 Å². The lowest BCUT2D eigenvalue weighted by atomic mass is 10.1. The number of aryl methyl sites for hydroxylation is 3. The highest BCUT2D eigenvalue weighted by Crippen LogP contribution is 2.21. The summed E-state index contributed by atoms with van der Waals surface area (Å²) in [4.78, 5) is 18.8. The van der Waals surface area contributed by atoms with Crippen LogP contribution in [-0.2, 0) is 0 Å². The van der Waals surface area contributed by atoms with E-state index >= 15 is 0 Å². The van der Waals surface area contributed by atoms with Gasteiger partial charge in [0, 0.05) is 6.20 Å². The lowest BCUT2D eigenvalue weighted by molar-refractivity contribution is 0.0695. The Morgan fingerprint density at radius 1 is 1.21 bits per heavy atom. The molecule has 1 heterocycles. The van der Waals surface area contributed by atoms with E-state index in [4.69, 9.17) is 9.84 Å². The van der Waals surface area contributed by atoms with Gasteiger partial charge in [0.2, 0.25) is 0 Å². The van der Waals surface area contributed by atoms with Gasteiger partial charge in [-0.1, -0.05) is 6.07 Å². The second-order valence-electron chi connectivity index (χ2n) is 4.30. The van der Waals surface area contributed by atoms with Crippen LogP contribution >= 0.6 is 0 Å². The van der Waals surface area contributed by atoms with Gasteiger partial charge in [-0.3, -0.25) is 0 Å². The number of rotatable bonds is 3. The summed E-state index contributed by atoms with van der Waals surface area (Å²) in [5.74, 6) is -0.416. The number of carboxylic acids is 1. The van der Waals surface area contributed by atoms with Crippen molar-refractivity contribution in [1.82, 2.24) is 9.97 Å². The minimum atomic E-state index is -1.05. The SMILES string of the molecule is Cc1ccc(Oc2ncc(C(=O)O)c(C)n2)cc1C. The van der Waals surface area contributed by atoms with Gasteiger partial charge in [0.05, 0.1) is 11.3 Å². The molecular weight excluding hydrogens is 244 g/mol. The maximum Gasteiger partial charge on any atom is 0.339 e. The first kappa shape index (κ1) is 13.0. The third-order valence-electron chi connectivity index (χ3n) is 2.88. The average molecular weight is 258 g/mol. The highest BCUT2D eigenvalue weighted by Gasteiger charge is 2.11. The Morgan fingerprint density at radius 3 is 2.53 bits per heavy atom. The molecule has 0 amide bonds. The molecule has 2 rings (SSSR count). The number of hydrogen-bond acceptors (Lipinski definition) is 4. The summed E-state index contributed by atoms with van der Waals surface area (Å²) in [6.45, 7) is 5.61. The number of aromatic carboxylic acids is 1. The summed E-state index contributed by atoms with van der Waals surface area (Å²) in [6.07, 6.45) is 1.25. The Kier molecular flexibility index (Phi) is 3.46. The van der Waals surface area contributed by atoms with E-state index < -0.39 is 5.97 Å². The smallest absolute Gasteiger partial charge is 0.339 e. The molecule has 0 aliphatic rings. The van der Waals surface area contributed by atoms with E-state index in [2.05, 4.69) is 9.97 Å². The fraction of sp³-hybridized carbons (Fsp3) is 0.214. The van der Waals surface area contributed by atoms with Gasteiger partial charge < -0.3 is 9.84 Å². The fourth-order valence-corrected chi connectivity index (χ4v) is 1.59.